The van der Waals surface area contributed by atoms with E-state index >= 15 is 0 Å². The van der Waals surface area contributed by atoms with E-state index in [0.29, 0.717) is 24.9 Å². The van der Waals surface area contributed by atoms with Gasteiger partial charge in [-0.1, -0.05) is 65.6 Å². The highest BCUT2D eigenvalue weighted by atomic mass is 35.5. The molecule has 2 rings (SSSR count). The van der Waals surface area contributed by atoms with Crippen LogP contribution in [0.3, 0.4) is 0 Å². The maximum absolute atomic E-state index is 13.0. The van der Waals surface area contributed by atoms with Gasteiger partial charge >= 0.3 is 6.09 Å². The molecule has 0 radical (unpaired) electrons. The molecule has 0 saturated carbocycles. The number of benzene rings is 2. The van der Waals surface area contributed by atoms with Gasteiger partial charge in [0.25, 0.3) is 0 Å². The topological polar surface area (TPSA) is 134 Å². The van der Waals surface area contributed by atoms with Crippen LogP contribution >= 0.6 is 34.0 Å². The van der Waals surface area contributed by atoms with E-state index in [1.807, 2.05) is 44.1 Å². The molecular formula is C28H44ClN5O5S3. The molecule has 2 aromatic rings. The number of allylic oxidation sites excluding steroid dienone is 1. The fourth-order valence-corrected chi connectivity index (χ4v) is 7.86. The zero-order chi connectivity index (χ0) is 30.3. The summed E-state index contributed by atoms with van der Waals surface area (Å²) in [6.45, 7) is 4.96. The van der Waals surface area contributed by atoms with E-state index in [-0.39, 0.29) is 37.0 Å². The molecule has 2 amide bonds. The number of hydrogen-bond acceptors (Lipinski definition) is 9. The molecule has 0 spiro atoms. The highest BCUT2D eigenvalue weighted by Gasteiger charge is 2.18. The second kappa shape index (κ2) is 19.9. The van der Waals surface area contributed by atoms with Gasteiger partial charge in [-0.05, 0) is 25.5 Å². The number of unbranched alkanes of at least 4 members (excludes halogenated alkanes) is 2. The summed E-state index contributed by atoms with van der Waals surface area (Å²) in [7, 11) is 3.31. The van der Waals surface area contributed by atoms with Crippen molar-refractivity contribution >= 4 is 73.0 Å². The van der Waals surface area contributed by atoms with Crippen molar-refractivity contribution in [1.29, 1.82) is 0 Å². The number of carbonyl (C=O) groups is 2. The Morgan fingerprint density at radius 1 is 1.10 bits per heavy atom. The lowest BCUT2D eigenvalue weighted by molar-refractivity contribution is -0.116. The monoisotopic (exact) mass is 661 g/mol. The minimum Gasteiger partial charge on any atom is -0.449 e. The maximum atomic E-state index is 13.0. The zero-order valence-electron chi connectivity index (χ0n) is 24.8. The van der Waals surface area contributed by atoms with Crippen molar-refractivity contribution in [2.75, 3.05) is 57.5 Å². The molecular weight excluding hydrogens is 618 g/mol. The molecule has 10 nitrogen and oxygen atoms in total. The Labute approximate surface area is 264 Å². The minimum absolute atomic E-state index is 0. The van der Waals surface area contributed by atoms with Crippen LogP contribution in [0.5, 0.6) is 0 Å². The number of anilines is 1. The summed E-state index contributed by atoms with van der Waals surface area (Å²) in [6, 6.07) is 10.7. The first-order valence-corrected chi connectivity index (χ1v) is 17.5. The summed E-state index contributed by atoms with van der Waals surface area (Å²) in [5.41, 5.74) is 7.35. The van der Waals surface area contributed by atoms with Crippen molar-refractivity contribution in [2.24, 2.45) is 5.73 Å². The molecule has 14 heteroatoms. The van der Waals surface area contributed by atoms with Gasteiger partial charge in [-0.3, -0.25) is 4.79 Å². The summed E-state index contributed by atoms with van der Waals surface area (Å²) in [5, 5.41) is 4.05. The summed E-state index contributed by atoms with van der Waals surface area (Å²) in [5.74, 6) is 0.986. The Bertz CT molecular complexity index is 1280. The van der Waals surface area contributed by atoms with Gasteiger partial charge in [0.05, 0.1) is 11.5 Å². The van der Waals surface area contributed by atoms with Crippen LogP contribution < -0.4 is 20.7 Å². The number of sulfonamides is 1. The third kappa shape index (κ3) is 11.8. The van der Waals surface area contributed by atoms with E-state index in [4.69, 9.17) is 10.5 Å². The number of nitrogens with zero attached hydrogens (tertiary/aromatic N) is 2. The number of carbonyl (C=O) groups excluding carboxylic acids is 2. The smallest absolute Gasteiger partial charge is 0.407 e. The van der Waals surface area contributed by atoms with Gasteiger partial charge < -0.3 is 25.6 Å². The van der Waals surface area contributed by atoms with Crippen LogP contribution in [0.2, 0.25) is 0 Å². The third-order valence-electron chi connectivity index (χ3n) is 6.20. The molecule has 0 fully saturated rings. The highest BCUT2D eigenvalue weighted by molar-refractivity contribution is 8.78. The molecule has 0 aliphatic heterocycles. The van der Waals surface area contributed by atoms with E-state index in [1.165, 1.54) is 0 Å². The predicted molar refractivity (Wildman–Crippen MR) is 179 cm³/mol. The number of hydrogen-bond donors (Lipinski definition) is 3. The first kappa shape index (κ1) is 37.9. The van der Waals surface area contributed by atoms with Crippen molar-refractivity contribution in [3.05, 3.63) is 47.0 Å². The second-order valence-corrected chi connectivity index (χ2v) is 13.7. The van der Waals surface area contributed by atoms with Gasteiger partial charge in [0.15, 0.2) is 0 Å². The standard InChI is InChI=1S/C28H43N5O5S3.ClH/c1-5-6-7-20-39-40-26(22(2)33(21-34)18-15-29)14-19-38-28(35)30-16-17-31-41(36,37)27-13-9-10-23-24(27)11-8-12-25(23)32(3)4;/h8-13,21,31H,5-7,14-20,29H2,1-4H3,(H,30,35);1H. The average molecular weight is 662 g/mol. The van der Waals surface area contributed by atoms with Crippen molar-refractivity contribution in [3.63, 3.8) is 0 Å². The van der Waals surface area contributed by atoms with E-state index in [2.05, 4.69) is 17.0 Å². The van der Waals surface area contributed by atoms with Gasteiger partial charge in [-0.25, -0.2) is 17.9 Å². The number of nitrogens with one attached hydrogen (secondary N) is 2. The fraction of sp³-hybridized carbons (Fsp3) is 0.500. The number of halogens is 1. The summed E-state index contributed by atoms with van der Waals surface area (Å²) in [6.07, 6.45) is 3.99. The average Bonchev–Trinajstić information content (AvgIpc) is 2.96. The quantitative estimate of drug-likeness (QED) is 0.109. The molecule has 42 heavy (non-hydrogen) atoms. The molecule has 0 aromatic heterocycles. The van der Waals surface area contributed by atoms with Gasteiger partial charge in [0.1, 0.15) is 0 Å². The van der Waals surface area contributed by atoms with Crippen LogP contribution in [0, 0.1) is 0 Å². The largest absolute Gasteiger partial charge is 0.449 e. The Morgan fingerprint density at radius 2 is 1.81 bits per heavy atom. The van der Waals surface area contributed by atoms with E-state index in [9.17, 15) is 18.0 Å². The van der Waals surface area contributed by atoms with Crippen molar-refractivity contribution in [3.8, 4) is 0 Å². The molecule has 2 aromatic carbocycles. The van der Waals surface area contributed by atoms with Crippen molar-refractivity contribution in [1.82, 2.24) is 14.9 Å². The van der Waals surface area contributed by atoms with Crippen LogP contribution in [0.4, 0.5) is 10.5 Å². The first-order chi connectivity index (χ1) is 19.7. The molecule has 0 aliphatic carbocycles. The van der Waals surface area contributed by atoms with Gasteiger partial charge in [-0.2, -0.15) is 0 Å². The van der Waals surface area contributed by atoms with Crippen LogP contribution in [-0.2, 0) is 19.6 Å². The van der Waals surface area contributed by atoms with Crippen LogP contribution in [0.25, 0.3) is 10.8 Å². The van der Waals surface area contributed by atoms with Crippen LogP contribution in [0.1, 0.15) is 39.5 Å². The molecule has 0 heterocycles. The first-order valence-electron chi connectivity index (χ1n) is 13.7. The van der Waals surface area contributed by atoms with Gasteiger partial charge in [0.2, 0.25) is 16.4 Å². The lowest BCUT2D eigenvalue weighted by Crippen LogP contribution is -2.35. The van der Waals surface area contributed by atoms with E-state index in [0.717, 1.165) is 53.1 Å². The molecule has 0 bridgehead atoms. The molecule has 0 unspecified atom stereocenters. The van der Waals surface area contributed by atoms with Crippen LogP contribution in [0.15, 0.2) is 51.9 Å². The zero-order valence-corrected chi connectivity index (χ0v) is 28.0. The van der Waals surface area contributed by atoms with Gasteiger partial charge in [-0.15, -0.1) is 12.4 Å². The van der Waals surface area contributed by atoms with Gasteiger partial charge in [0, 0.05) is 79.5 Å². The lowest BCUT2D eigenvalue weighted by Gasteiger charge is -2.21. The normalized spacial score (nSPS) is 11.8. The predicted octanol–water partition coefficient (Wildman–Crippen LogP) is 4.94. The fourth-order valence-electron chi connectivity index (χ4n) is 4.01. The molecule has 0 aliphatic rings. The summed E-state index contributed by atoms with van der Waals surface area (Å²) < 4.78 is 34.0. The van der Waals surface area contributed by atoms with E-state index < -0.39 is 16.1 Å². The van der Waals surface area contributed by atoms with Crippen molar-refractivity contribution < 1.29 is 22.7 Å². The Hall–Kier alpha value is -2.16. The number of amides is 2. The Morgan fingerprint density at radius 3 is 2.48 bits per heavy atom. The third-order valence-corrected chi connectivity index (χ3v) is 10.5. The molecule has 0 saturated heterocycles. The van der Waals surface area contributed by atoms with Crippen molar-refractivity contribution in [2.45, 2.75) is 44.4 Å². The molecule has 0 atom stereocenters. The summed E-state index contributed by atoms with van der Waals surface area (Å²) >= 11 is 0. The highest BCUT2D eigenvalue weighted by Crippen LogP contribution is 2.36. The number of nitrogens with two attached hydrogens (primary N) is 1. The number of fused-ring (bicyclic) bond motifs is 1. The maximum Gasteiger partial charge on any atom is 0.407 e. The summed E-state index contributed by atoms with van der Waals surface area (Å²) in [4.78, 5) is 28.4. The Balaban J connectivity index is 0.00000882. The number of alkyl carbamates (subject to hydrolysis) is 1. The van der Waals surface area contributed by atoms with Crippen LogP contribution in [-0.4, -0.2) is 78.5 Å². The molecule has 236 valence electrons. The number of rotatable bonds is 19. The minimum atomic E-state index is -3.81. The Kier molecular flexibility index (Phi) is 18.0. The number of ether oxygens (including phenoxy) is 1. The lowest BCUT2D eigenvalue weighted by atomic mass is 10.1. The second-order valence-electron chi connectivity index (χ2n) is 9.44. The SMILES string of the molecule is CCCCCSSC(CCOC(=O)NCCNS(=O)(=O)c1cccc2c(N(C)C)cccc12)=C(C)N(C=O)CCN.Cl. The molecule has 4 N–H and O–H groups in total. The van der Waals surface area contributed by atoms with E-state index in [1.54, 1.807) is 44.7 Å².